The minimum absolute atomic E-state index is 0.217. The van der Waals surface area contributed by atoms with Crippen LogP contribution in [0.25, 0.3) is 6.08 Å². The summed E-state index contributed by atoms with van der Waals surface area (Å²) >= 11 is 0. The predicted molar refractivity (Wildman–Crippen MR) is 65.2 cm³/mol. The number of rotatable bonds is 0. The SMILES string of the molecule is Cc1cc2c(c(=O)o1)C=C1CCCCC1(C)O2. The summed E-state index contributed by atoms with van der Waals surface area (Å²) in [5.74, 6) is 1.27. The van der Waals surface area contributed by atoms with E-state index in [-0.39, 0.29) is 11.2 Å². The van der Waals surface area contributed by atoms with Crippen LogP contribution in [0.1, 0.15) is 43.9 Å². The van der Waals surface area contributed by atoms with Gasteiger partial charge in [-0.15, -0.1) is 0 Å². The molecule has 17 heavy (non-hydrogen) atoms. The van der Waals surface area contributed by atoms with Crippen molar-refractivity contribution in [2.24, 2.45) is 0 Å². The third-order valence-corrected chi connectivity index (χ3v) is 3.76. The topological polar surface area (TPSA) is 39.4 Å². The van der Waals surface area contributed by atoms with Crippen molar-refractivity contribution in [2.75, 3.05) is 0 Å². The molecular weight excluding hydrogens is 216 g/mol. The average molecular weight is 232 g/mol. The second-order valence-electron chi connectivity index (χ2n) is 5.13. The maximum atomic E-state index is 11.8. The first-order chi connectivity index (χ1) is 8.08. The minimum atomic E-state index is -0.292. The van der Waals surface area contributed by atoms with E-state index in [2.05, 4.69) is 6.92 Å². The Labute approximate surface area is 100 Å². The number of ether oxygens (including phenoxy) is 1. The van der Waals surface area contributed by atoms with E-state index in [1.807, 2.05) is 12.1 Å². The van der Waals surface area contributed by atoms with E-state index in [1.54, 1.807) is 6.92 Å². The van der Waals surface area contributed by atoms with Gasteiger partial charge in [-0.2, -0.15) is 0 Å². The highest BCUT2D eigenvalue weighted by molar-refractivity contribution is 5.63. The summed E-state index contributed by atoms with van der Waals surface area (Å²) in [6, 6.07) is 1.81. The Balaban J connectivity index is 2.18. The number of fused-ring (bicyclic) bond motifs is 2. The quantitative estimate of drug-likeness (QED) is 0.690. The van der Waals surface area contributed by atoms with Crippen LogP contribution in [-0.2, 0) is 0 Å². The van der Waals surface area contributed by atoms with E-state index in [0.717, 1.165) is 12.8 Å². The molecule has 1 saturated carbocycles. The van der Waals surface area contributed by atoms with Crippen molar-refractivity contribution in [3.63, 3.8) is 0 Å². The summed E-state index contributed by atoms with van der Waals surface area (Å²) in [5.41, 5.74) is 1.29. The molecule has 0 bridgehead atoms. The van der Waals surface area contributed by atoms with Crippen molar-refractivity contribution in [1.29, 1.82) is 0 Å². The number of hydrogen-bond donors (Lipinski definition) is 0. The van der Waals surface area contributed by atoms with Crippen LogP contribution in [0.5, 0.6) is 5.75 Å². The van der Waals surface area contributed by atoms with Gasteiger partial charge in [-0.1, -0.05) is 0 Å². The Morgan fingerprint density at radius 3 is 3.00 bits per heavy atom. The summed E-state index contributed by atoms with van der Waals surface area (Å²) in [7, 11) is 0. The molecule has 0 aromatic carbocycles. The molecule has 1 atom stereocenters. The van der Waals surface area contributed by atoms with Crippen LogP contribution >= 0.6 is 0 Å². The molecule has 0 saturated heterocycles. The van der Waals surface area contributed by atoms with Crippen LogP contribution in [0, 0.1) is 6.92 Å². The molecule has 2 heterocycles. The molecule has 3 nitrogen and oxygen atoms in total. The molecule has 0 radical (unpaired) electrons. The third-order valence-electron chi connectivity index (χ3n) is 3.76. The van der Waals surface area contributed by atoms with E-state index in [9.17, 15) is 4.79 Å². The lowest BCUT2D eigenvalue weighted by Crippen LogP contribution is -2.39. The largest absolute Gasteiger partial charge is 0.482 e. The standard InChI is InChI=1S/C14H16O3/c1-9-7-12-11(13(15)16-9)8-10-5-3-4-6-14(10,2)17-12/h7-8H,3-6H2,1-2H3. The van der Waals surface area contributed by atoms with Crippen molar-refractivity contribution in [2.45, 2.75) is 45.1 Å². The van der Waals surface area contributed by atoms with Gasteiger partial charge in [0.15, 0.2) is 0 Å². The van der Waals surface area contributed by atoms with E-state index < -0.39 is 0 Å². The van der Waals surface area contributed by atoms with Crippen LogP contribution < -0.4 is 10.4 Å². The second kappa shape index (κ2) is 3.49. The number of hydrogen-bond acceptors (Lipinski definition) is 3. The Bertz CT molecular complexity index is 553. The first kappa shape index (κ1) is 10.6. The van der Waals surface area contributed by atoms with E-state index in [1.165, 1.54) is 18.4 Å². The average Bonchev–Trinajstić information content (AvgIpc) is 2.25. The van der Waals surface area contributed by atoms with Gasteiger partial charge in [-0.3, -0.25) is 0 Å². The third kappa shape index (κ3) is 1.61. The highest BCUT2D eigenvalue weighted by Gasteiger charge is 2.37. The van der Waals surface area contributed by atoms with E-state index >= 15 is 0 Å². The molecular formula is C14H16O3. The zero-order chi connectivity index (χ0) is 12.0. The second-order valence-corrected chi connectivity index (χ2v) is 5.13. The zero-order valence-electron chi connectivity index (χ0n) is 10.2. The van der Waals surface area contributed by atoms with Crippen LogP contribution in [0.3, 0.4) is 0 Å². The van der Waals surface area contributed by atoms with Gasteiger partial charge >= 0.3 is 5.63 Å². The summed E-state index contributed by atoms with van der Waals surface area (Å²) in [6.45, 7) is 3.89. The molecule has 1 aliphatic carbocycles. The first-order valence-electron chi connectivity index (χ1n) is 6.13. The van der Waals surface area contributed by atoms with Crippen molar-refractivity contribution >= 4 is 6.08 Å². The van der Waals surface area contributed by atoms with Gasteiger partial charge in [0.1, 0.15) is 22.7 Å². The Hall–Kier alpha value is -1.51. The molecule has 0 amide bonds. The van der Waals surface area contributed by atoms with Crippen molar-refractivity contribution < 1.29 is 9.15 Å². The van der Waals surface area contributed by atoms with Gasteiger partial charge < -0.3 is 9.15 Å². The predicted octanol–water partition coefficient (Wildman–Crippen LogP) is 3.06. The van der Waals surface area contributed by atoms with Crippen LogP contribution in [-0.4, -0.2) is 5.60 Å². The van der Waals surface area contributed by atoms with Crippen molar-refractivity contribution in [1.82, 2.24) is 0 Å². The monoisotopic (exact) mass is 232 g/mol. The Kier molecular flexibility index (Phi) is 2.18. The summed E-state index contributed by atoms with van der Waals surface area (Å²) in [6.07, 6.45) is 6.38. The molecule has 2 aliphatic rings. The zero-order valence-corrected chi connectivity index (χ0v) is 10.2. The lowest BCUT2D eigenvalue weighted by Gasteiger charge is -2.39. The van der Waals surface area contributed by atoms with Gasteiger partial charge in [0, 0.05) is 6.07 Å². The lowest BCUT2D eigenvalue weighted by molar-refractivity contribution is 0.0937. The van der Waals surface area contributed by atoms with Crippen molar-refractivity contribution in [3.8, 4) is 5.75 Å². The fourth-order valence-electron chi connectivity index (χ4n) is 2.77. The van der Waals surface area contributed by atoms with Crippen LogP contribution in [0.15, 0.2) is 20.9 Å². The molecule has 3 heteroatoms. The molecule has 1 unspecified atom stereocenters. The molecule has 3 rings (SSSR count). The summed E-state index contributed by atoms with van der Waals surface area (Å²) in [4.78, 5) is 11.8. The normalized spacial score (nSPS) is 26.6. The first-order valence-corrected chi connectivity index (χ1v) is 6.13. The van der Waals surface area contributed by atoms with Gasteiger partial charge in [-0.25, -0.2) is 4.79 Å². The highest BCUT2D eigenvalue weighted by atomic mass is 16.5. The summed E-state index contributed by atoms with van der Waals surface area (Å²) < 4.78 is 11.2. The maximum Gasteiger partial charge on any atom is 0.346 e. The molecule has 0 spiro atoms. The molecule has 1 aliphatic heterocycles. The van der Waals surface area contributed by atoms with E-state index in [4.69, 9.17) is 9.15 Å². The summed E-state index contributed by atoms with van der Waals surface area (Å²) in [5, 5.41) is 0. The molecule has 90 valence electrons. The van der Waals surface area contributed by atoms with Gasteiger partial charge in [-0.05, 0) is 51.2 Å². The van der Waals surface area contributed by atoms with E-state index in [0.29, 0.717) is 17.1 Å². The van der Waals surface area contributed by atoms with Crippen molar-refractivity contribution in [3.05, 3.63) is 33.4 Å². The van der Waals surface area contributed by atoms with Crippen LogP contribution in [0.2, 0.25) is 0 Å². The van der Waals surface area contributed by atoms with Gasteiger partial charge in [0.25, 0.3) is 0 Å². The molecule has 1 aromatic heterocycles. The number of aryl methyl sites for hydroxylation is 1. The highest BCUT2D eigenvalue weighted by Crippen LogP contribution is 2.42. The van der Waals surface area contributed by atoms with Gasteiger partial charge in [0.2, 0.25) is 0 Å². The molecule has 1 aromatic rings. The molecule has 1 fully saturated rings. The Morgan fingerprint density at radius 1 is 1.35 bits per heavy atom. The Morgan fingerprint density at radius 2 is 2.18 bits per heavy atom. The lowest BCUT2D eigenvalue weighted by atomic mass is 9.79. The fourth-order valence-corrected chi connectivity index (χ4v) is 2.77. The maximum absolute atomic E-state index is 11.8. The molecule has 0 N–H and O–H groups in total. The fraction of sp³-hybridized carbons (Fsp3) is 0.500. The van der Waals surface area contributed by atoms with Crippen LogP contribution in [0.4, 0.5) is 0 Å². The van der Waals surface area contributed by atoms with Gasteiger partial charge in [0.05, 0.1) is 0 Å². The minimum Gasteiger partial charge on any atom is -0.482 e. The smallest absolute Gasteiger partial charge is 0.346 e.